The summed E-state index contributed by atoms with van der Waals surface area (Å²) in [4.78, 5) is 25.9. The second-order valence-electron chi connectivity index (χ2n) is 6.94. The Bertz CT molecular complexity index is 1320. The molecular weight excluding hydrogens is 408 g/mol. The van der Waals surface area contributed by atoms with Crippen LogP contribution in [-0.4, -0.2) is 54.3 Å². The first-order valence-electron chi connectivity index (χ1n) is 9.20. The van der Waals surface area contributed by atoms with E-state index in [1.165, 1.54) is 27.1 Å². The molecule has 3 aromatic rings. The molecule has 0 aliphatic carbocycles. The summed E-state index contributed by atoms with van der Waals surface area (Å²) in [6, 6.07) is 12.7. The van der Waals surface area contributed by atoms with E-state index in [0.717, 1.165) is 0 Å². The molecule has 0 bridgehead atoms. The van der Waals surface area contributed by atoms with E-state index in [1.807, 2.05) is 6.07 Å². The number of amides is 1. The molecule has 0 radical (unpaired) electrons. The Balaban J connectivity index is 1.49. The summed E-state index contributed by atoms with van der Waals surface area (Å²) >= 11 is 0. The summed E-state index contributed by atoms with van der Waals surface area (Å²) in [5.41, 5.74) is 1.64. The average molecular weight is 426 g/mol. The van der Waals surface area contributed by atoms with Crippen LogP contribution in [0.25, 0.3) is 11.1 Å². The van der Waals surface area contributed by atoms with Crippen LogP contribution in [0.5, 0.6) is 0 Å². The zero-order chi connectivity index (χ0) is 21.5. The summed E-state index contributed by atoms with van der Waals surface area (Å²) < 4.78 is 33.7. The topological polar surface area (TPSA) is 117 Å². The van der Waals surface area contributed by atoms with Gasteiger partial charge < -0.3 is 9.32 Å². The number of aromatic nitrogens is 1. The van der Waals surface area contributed by atoms with Crippen molar-refractivity contribution in [3.05, 3.63) is 64.1 Å². The van der Waals surface area contributed by atoms with Gasteiger partial charge in [-0.15, -0.1) is 0 Å². The number of fused-ring (bicyclic) bond motifs is 1. The third-order valence-electron chi connectivity index (χ3n) is 5.19. The van der Waals surface area contributed by atoms with E-state index in [2.05, 4.69) is 0 Å². The Morgan fingerprint density at radius 3 is 2.37 bits per heavy atom. The third kappa shape index (κ3) is 3.38. The number of nitrogens with zero attached hydrogens (tertiary/aromatic N) is 4. The van der Waals surface area contributed by atoms with Gasteiger partial charge in [-0.3, -0.25) is 9.36 Å². The largest absolute Gasteiger partial charge is 0.419 e. The average Bonchev–Trinajstić information content (AvgIpc) is 3.06. The summed E-state index contributed by atoms with van der Waals surface area (Å²) in [5, 5.41) is 8.86. The van der Waals surface area contributed by atoms with Crippen LogP contribution in [0.2, 0.25) is 0 Å². The van der Waals surface area contributed by atoms with Crippen LogP contribution in [-0.2, 0) is 17.1 Å². The van der Waals surface area contributed by atoms with Gasteiger partial charge in [0.15, 0.2) is 5.58 Å². The van der Waals surface area contributed by atoms with E-state index in [0.29, 0.717) is 16.6 Å². The van der Waals surface area contributed by atoms with Crippen molar-refractivity contribution in [3.8, 4) is 6.07 Å². The van der Waals surface area contributed by atoms with Gasteiger partial charge in [-0.2, -0.15) is 9.57 Å². The van der Waals surface area contributed by atoms with Gasteiger partial charge in [0.1, 0.15) is 0 Å². The van der Waals surface area contributed by atoms with Gasteiger partial charge in [0.2, 0.25) is 10.0 Å². The van der Waals surface area contributed by atoms with Crippen LogP contribution in [0, 0.1) is 11.3 Å². The van der Waals surface area contributed by atoms with E-state index < -0.39 is 15.8 Å². The van der Waals surface area contributed by atoms with Gasteiger partial charge in [-0.25, -0.2) is 13.2 Å². The van der Waals surface area contributed by atoms with Crippen LogP contribution in [0.3, 0.4) is 0 Å². The Morgan fingerprint density at radius 1 is 1.07 bits per heavy atom. The highest BCUT2D eigenvalue weighted by molar-refractivity contribution is 7.89. The number of hydrogen-bond donors (Lipinski definition) is 0. The maximum Gasteiger partial charge on any atom is 0.419 e. The molecule has 0 N–H and O–H groups in total. The molecule has 1 saturated heterocycles. The summed E-state index contributed by atoms with van der Waals surface area (Å²) in [5.74, 6) is -0.765. The molecule has 1 aliphatic heterocycles. The minimum atomic E-state index is -3.79. The third-order valence-corrected chi connectivity index (χ3v) is 7.08. The second kappa shape index (κ2) is 7.44. The summed E-state index contributed by atoms with van der Waals surface area (Å²) in [6.45, 7) is 0.809. The number of hydrogen-bond acceptors (Lipinski definition) is 6. The molecule has 10 heteroatoms. The number of sulfonamides is 1. The number of aryl methyl sites for hydroxylation is 1. The summed E-state index contributed by atoms with van der Waals surface area (Å²) in [7, 11) is -2.24. The normalized spacial score (nSPS) is 15.3. The number of carbonyl (C=O) groups excluding carboxylic acids is 1. The molecular formula is C20H18N4O5S. The van der Waals surface area contributed by atoms with Gasteiger partial charge in [0.05, 0.1) is 22.0 Å². The standard InChI is InChI=1S/C20H18N4O5S/c1-22-17-7-6-16(12-18(17)29-20(22)26)30(27,28)24-10-8-23(9-11-24)19(25)15-4-2-14(13-21)3-5-15/h2-7,12H,8-11H2,1H3. The lowest BCUT2D eigenvalue weighted by Crippen LogP contribution is -2.50. The van der Waals surface area contributed by atoms with Crippen molar-refractivity contribution in [1.29, 1.82) is 5.26 Å². The first-order valence-corrected chi connectivity index (χ1v) is 10.6. The highest BCUT2D eigenvalue weighted by Gasteiger charge is 2.31. The maximum atomic E-state index is 13.0. The van der Waals surface area contributed by atoms with E-state index in [9.17, 15) is 18.0 Å². The highest BCUT2D eigenvalue weighted by atomic mass is 32.2. The number of piperazine rings is 1. The Morgan fingerprint density at radius 2 is 1.73 bits per heavy atom. The number of carbonyl (C=O) groups is 1. The Kier molecular flexibility index (Phi) is 4.93. The van der Waals surface area contributed by atoms with Crippen molar-refractivity contribution in [3.63, 3.8) is 0 Å². The van der Waals surface area contributed by atoms with Crippen LogP contribution >= 0.6 is 0 Å². The quantitative estimate of drug-likeness (QED) is 0.620. The lowest BCUT2D eigenvalue weighted by Gasteiger charge is -2.34. The molecule has 0 unspecified atom stereocenters. The van der Waals surface area contributed by atoms with Crippen LogP contribution < -0.4 is 5.76 Å². The zero-order valence-corrected chi connectivity index (χ0v) is 16.9. The van der Waals surface area contributed by atoms with E-state index in [4.69, 9.17) is 9.68 Å². The molecule has 2 heterocycles. The Labute approximate surface area is 172 Å². The molecule has 0 atom stereocenters. The smallest absolute Gasteiger partial charge is 0.408 e. The van der Waals surface area contributed by atoms with Crippen molar-refractivity contribution in [2.24, 2.45) is 7.05 Å². The predicted molar refractivity (Wildman–Crippen MR) is 107 cm³/mol. The molecule has 0 saturated carbocycles. The lowest BCUT2D eigenvalue weighted by molar-refractivity contribution is 0.0698. The molecule has 154 valence electrons. The van der Waals surface area contributed by atoms with Crippen molar-refractivity contribution in [2.45, 2.75) is 4.90 Å². The molecule has 1 amide bonds. The fourth-order valence-electron chi connectivity index (χ4n) is 3.43. The van der Waals surface area contributed by atoms with Gasteiger partial charge in [0.25, 0.3) is 5.91 Å². The predicted octanol–water partition coefficient (Wildman–Crippen LogP) is 1.15. The summed E-state index contributed by atoms with van der Waals surface area (Å²) in [6.07, 6.45) is 0. The first-order chi connectivity index (χ1) is 14.3. The number of rotatable bonds is 3. The monoisotopic (exact) mass is 426 g/mol. The number of benzene rings is 2. The molecule has 1 aliphatic rings. The fraction of sp³-hybridized carbons (Fsp3) is 0.250. The molecule has 4 rings (SSSR count). The molecule has 30 heavy (non-hydrogen) atoms. The van der Waals surface area contributed by atoms with Gasteiger partial charge in [-0.05, 0) is 36.4 Å². The van der Waals surface area contributed by atoms with E-state index >= 15 is 0 Å². The van der Waals surface area contributed by atoms with Crippen LogP contribution in [0.15, 0.2) is 56.6 Å². The minimum absolute atomic E-state index is 0.0382. The fourth-order valence-corrected chi connectivity index (χ4v) is 4.86. The molecule has 0 spiro atoms. The van der Waals surface area contributed by atoms with E-state index in [1.54, 1.807) is 36.2 Å². The maximum absolute atomic E-state index is 13.0. The van der Waals surface area contributed by atoms with Crippen molar-refractivity contribution in [1.82, 2.24) is 13.8 Å². The lowest BCUT2D eigenvalue weighted by atomic mass is 10.1. The minimum Gasteiger partial charge on any atom is -0.408 e. The van der Waals surface area contributed by atoms with Crippen molar-refractivity contribution >= 4 is 27.0 Å². The van der Waals surface area contributed by atoms with Gasteiger partial charge >= 0.3 is 5.76 Å². The molecule has 1 fully saturated rings. The molecule has 2 aromatic carbocycles. The van der Waals surface area contributed by atoms with Crippen LogP contribution in [0.4, 0.5) is 0 Å². The Hall–Kier alpha value is -3.42. The van der Waals surface area contributed by atoms with Crippen molar-refractivity contribution in [2.75, 3.05) is 26.2 Å². The SMILES string of the molecule is Cn1c(=O)oc2cc(S(=O)(=O)N3CCN(C(=O)c4ccc(C#N)cc4)CC3)ccc21. The van der Waals surface area contributed by atoms with Gasteiger partial charge in [0, 0.05) is 44.9 Å². The molecule has 1 aromatic heterocycles. The number of nitriles is 1. The van der Waals surface area contributed by atoms with E-state index in [-0.39, 0.29) is 42.6 Å². The second-order valence-corrected chi connectivity index (χ2v) is 8.88. The molecule has 9 nitrogen and oxygen atoms in total. The van der Waals surface area contributed by atoms with Gasteiger partial charge in [-0.1, -0.05) is 0 Å². The first kappa shape index (κ1) is 19.9. The zero-order valence-electron chi connectivity index (χ0n) is 16.1. The van der Waals surface area contributed by atoms with Crippen molar-refractivity contribution < 1.29 is 17.6 Å². The van der Waals surface area contributed by atoms with Crippen LogP contribution in [0.1, 0.15) is 15.9 Å². The number of oxazole rings is 1. The highest BCUT2D eigenvalue weighted by Crippen LogP contribution is 2.22.